The van der Waals surface area contributed by atoms with Crippen molar-refractivity contribution in [1.82, 2.24) is 9.88 Å². The van der Waals surface area contributed by atoms with E-state index in [-0.39, 0.29) is 29.5 Å². The van der Waals surface area contributed by atoms with Gasteiger partial charge in [-0.05, 0) is 31.9 Å². The SMILES string of the molecule is Cc1c(C)c(-n2c(N)c3c(cc2=O)C(=O)NC3=O)c(C)c2c1OCC(=O)N2. The van der Waals surface area contributed by atoms with Crippen LogP contribution in [0.15, 0.2) is 10.9 Å². The second-order valence-corrected chi connectivity index (χ2v) is 6.54. The smallest absolute Gasteiger partial charge is 0.262 e. The van der Waals surface area contributed by atoms with E-state index in [9.17, 15) is 19.2 Å². The third-order valence-electron chi connectivity index (χ3n) is 5.00. The highest BCUT2D eigenvalue weighted by atomic mass is 16.5. The number of nitrogen functional groups attached to an aromatic ring is 1. The van der Waals surface area contributed by atoms with E-state index in [1.165, 1.54) is 4.57 Å². The molecule has 1 aromatic carbocycles. The molecule has 0 radical (unpaired) electrons. The maximum Gasteiger partial charge on any atom is 0.262 e. The topological polar surface area (TPSA) is 133 Å². The molecule has 0 bridgehead atoms. The van der Waals surface area contributed by atoms with Crippen LogP contribution in [0.2, 0.25) is 0 Å². The number of carbonyl (C=O) groups is 3. The van der Waals surface area contributed by atoms with Crippen molar-refractivity contribution in [1.29, 1.82) is 0 Å². The number of anilines is 2. The first-order chi connectivity index (χ1) is 12.7. The van der Waals surface area contributed by atoms with Crippen LogP contribution in [-0.4, -0.2) is 28.9 Å². The van der Waals surface area contributed by atoms with Crippen molar-refractivity contribution in [2.24, 2.45) is 0 Å². The van der Waals surface area contributed by atoms with Gasteiger partial charge in [0.25, 0.3) is 23.3 Å². The molecule has 9 heteroatoms. The van der Waals surface area contributed by atoms with Crippen LogP contribution < -0.4 is 26.7 Å². The molecule has 2 aliphatic heterocycles. The van der Waals surface area contributed by atoms with Crippen LogP contribution in [-0.2, 0) is 4.79 Å². The van der Waals surface area contributed by atoms with Crippen molar-refractivity contribution in [2.45, 2.75) is 20.8 Å². The highest BCUT2D eigenvalue weighted by Gasteiger charge is 2.33. The molecule has 0 atom stereocenters. The van der Waals surface area contributed by atoms with Crippen molar-refractivity contribution in [3.63, 3.8) is 0 Å². The first kappa shape index (κ1) is 16.8. The summed E-state index contributed by atoms with van der Waals surface area (Å²) in [6.45, 7) is 5.23. The number of aromatic nitrogens is 1. The summed E-state index contributed by atoms with van der Waals surface area (Å²) < 4.78 is 6.74. The lowest BCUT2D eigenvalue weighted by Gasteiger charge is -2.27. The number of imide groups is 1. The van der Waals surface area contributed by atoms with E-state index in [1.807, 2.05) is 0 Å². The predicted molar refractivity (Wildman–Crippen MR) is 96.6 cm³/mol. The first-order valence-electron chi connectivity index (χ1n) is 8.20. The zero-order chi connectivity index (χ0) is 19.6. The minimum absolute atomic E-state index is 0.0333. The fourth-order valence-corrected chi connectivity index (χ4v) is 3.59. The molecule has 0 fully saturated rings. The van der Waals surface area contributed by atoms with Gasteiger partial charge in [0.2, 0.25) is 0 Å². The van der Waals surface area contributed by atoms with Gasteiger partial charge in [0.15, 0.2) is 6.61 Å². The van der Waals surface area contributed by atoms with Crippen LogP contribution in [0, 0.1) is 20.8 Å². The summed E-state index contributed by atoms with van der Waals surface area (Å²) in [5, 5.41) is 4.90. The molecular weight excluding hydrogens is 352 g/mol. The average Bonchev–Trinajstić information content (AvgIpc) is 2.89. The lowest BCUT2D eigenvalue weighted by atomic mass is 9.98. The summed E-state index contributed by atoms with van der Waals surface area (Å²) in [7, 11) is 0. The van der Waals surface area contributed by atoms with E-state index in [1.54, 1.807) is 20.8 Å². The Morgan fingerprint density at radius 2 is 1.70 bits per heavy atom. The van der Waals surface area contributed by atoms with Gasteiger partial charge in [-0.15, -0.1) is 0 Å². The second-order valence-electron chi connectivity index (χ2n) is 6.54. The molecule has 0 saturated carbocycles. The summed E-state index contributed by atoms with van der Waals surface area (Å²) in [5.41, 5.74) is 8.42. The van der Waals surface area contributed by atoms with Crippen molar-refractivity contribution in [3.8, 4) is 11.4 Å². The number of amides is 3. The minimum atomic E-state index is -0.651. The molecule has 0 spiro atoms. The number of hydrogen-bond acceptors (Lipinski definition) is 6. The molecule has 27 heavy (non-hydrogen) atoms. The van der Waals surface area contributed by atoms with Gasteiger partial charge >= 0.3 is 0 Å². The van der Waals surface area contributed by atoms with Gasteiger partial charge in [0.1, 0.15) is 11.6 Å². The number of nitrogens with zero attached hydrogens (tertiary/aromatic N) is 1. The van der Waals surface area contributed by atoms with E-state index in [4.69, 9.17) is 10.5 Å². The standard InChI is InChI=1S/C18H16N4O5/c1-6-7(2)15-13(20-10(23)5-27-15)8(3)14(6)22-11(24)4-9-12(16(22)19)18(26)21-17(9)25/h4H,5,19H2,1-3H3,(H,20,23)(H,21,25,26). The number of nitrogens with one attached hydrogen (secondary N) is 2. The van der Waals surface area contributed by atoms with Gasteiger partial charge in [-0.1, -0.05) is 0 Å². The quantitative estimate of drug-likeness (QED) is 0.630. The van der Waals surface area contributed by atoms with Gasteiger partial charge in [0.05, 0.1) is 22.5 Å². The maximum atomic E-state index is 12.8. The highest BCUT2D eigenvalue weighted by Crippen LogP contribution is 2.41. The number of ether oxygens (including phenoxy) is 1. The lowest BCUT2D eigenvalue weighted by molar-refractivity contribution is -0.118. The molecule has 138 valence electrons. The second kappa shape index (κ2) is 5.44. The predicted octanol–water partition coefficient (Wildman–Crippen LogP) is 0.559. The van der Waals surface area contributed by atoms with E-state index in [2.05, 4.69) is 10.6 Å². The van der Waals surface area contributed by atoms with Crippen LogP contribution in [0.5, 0.6) is 5.75 Å². The molecule has 9 nitrogen and oxygen atoms in total. The normalized spacial score (nSPS) is 15.0. The minimum Gasteiger partial charge on any atom is -0.481 e. The van der Waals surface area contributed by atoms with Crippen LogP contribution in [0.3, 0.4) is 0 Å². The van der Waals surface area contributed by atoms with Gasteiger partial charge < -0.3 is 15.8 Å². The van der Waals surface area contributed by atoms with Crippen molar-refractivity contribution in [2.75, 3.05) is 17.7 Å². The van der Waals surface area contributed by atoms with E-state index in [0.717, 1.165) is 11.6 Å². The Bertz CT molecular complexity index is 1150. The molecular formula is C18H16N4O5. The third-order valence-corrected chi connectivity index (χ3v) is 5.00. The molecule has 2 aliphatic rings. The number of nitrogens with two attached hydrogens (primary N) is 1. The number of benzene rings is 1. The number of hydrogen-bond donors (Lipinski definition) is 3. The van der Waals surface area contributed by atoms with Crippen LogP contribution in [0.25, 0.3) is 5.69 Å². The number of fused-ring (bicyclic) bond motifs is 2. The molecule has 3 amide bonds. The Morgan fingerprint density at radius 1 is 1.00 bits per heavy atom. The maximum absolute atomic E-state index is 12.8. The highest BCUT2D eigenvalue weighted by molar-refractivity contribution is 6.23. The molecule has 0 aliphatic carbocycles. The first-order valence-corrected chi connectivity index (χ1v) is 8.20. The third kappa shape index (κ3) is 2.17. The molecule has 4 N–H and O–H groups in total. The molecule has 2 aromatic rings. The number of rotatable bonds is 1. The van der Waals surface area contributed by atoms with Crippen molar-refractivity contribution < 1.29 is 19.1 Å². The summed E-state index contributed by atoms with van der Waals surface area (Å²) in [6, 6.07) is 1.09. The number of carbonyl (C=O) groups excluding carboxylic acids is 3. The lowest BCUT2D eigenvalue weighted by Crippen LogP contribution is -2.29. The fraction of sp³-hybridized carbons (Fsp3) is 0.222. The van der Waals surface area contributed by atoms with Gasteiger partial charge in [0, 0.05) is 11.6 Å². The monoisotopic (exact) mass is 368 g/mol. The Hall–Kier alpha value is -3.62. The fourth-order valence-electron chi connectivity index (χ4n) is 3.59. The van der Waals surface area contributed by atoms with Crippen LogP contribution in [0.4, 0.5) is 11.5 Å². The zero-order valence-corrected chi connectivity index (χ0v) is 14.9. The van der Waals surface area contributed by atoms with E-state index in [0.29, 0.717) is 28.3 Å². The largest absolute Gasteiger partial charge is 0.481 e. The molecule has 0 saturated heterocycles. The van der Waals surface area contributed by atoms with E-state index >= 15 is 0 Å². The van der Waals surface area contributed by atoms with Crippen molar-refractivity contribution >= 4 is 29.2 Å². The summed E-state index contributed by atoms with van der Waals surface area (Å²) in [5.74, 6) is -1.20. The number of pyridine rings is 1. The van der Waals surface area contributed by atoms with Gasteiger partial charge in [-0.3, -0.25) is 29.1 Å². The Morgan fingerprint density at radius 3 is 2.41 bits per heavy atom. The van der Waals surface area contributed by atoms with Gasteiger partial charge in [-0.25, -0.2) is 0 Å². The molecule has 1 aromatic heterocycles. The Kier molecular flexibility index (Phi) is 3.39. The van der Waals surface area contributed by atoms with Crippen LogP contribution in [0.1, 0.15) is 37.4 Å². The van der Waals surface area contributed by atoms with Crippen LogP contribution >= 0.6 is 0 Å². The Balaban J connectivity index is 2.08. The Labute approximate surface area is 153 Å². The summed E-state index contributed by atoms with van der Waals surface area (Å²) >= 11 is 0. The zero-order valence-electron chi connectivity index (χ0n) is 14.9. The average molecular weight is 368 g/mol. The summed E-state index contributed by atoms with van der Waals surface area (Å²) in [4.78, 5) is 48.5. The van der Waals surface area contributed by atoms with Crippen molar-refractivity contribution in [3.05, 3.63) is 44.2 Å². The molecule has 4 rings (SSSR count). The van der Waals surface area contributed by atoms with E-state index < -0.39 is 17.4 Å². The molecule has 3 heterocycles. The molecule has 0 unspecified atom stereocenters. The van der Waals surface area contributed by atoms with Gasteiger partial charge in [-0.2, -0.15) is 0 Å². The summed E-state index contributed by atoms with van der Waals surface area (Å²) in [6.07, 6.45) is 0.